The van der Waals surface area contributed by atoms with E-state index in [1.807, 2.05) is 17.0 Å². The maximum absolute atomic E-state index is 12.5. The van der Waals surface area contributed by atoms with E-state index in [2.05, 4.69) is 0 Å². The number of rotatable bonds is 4. The highest BCUT2D eigenvalue weighted by molar-refractivity contribution is 5.97. The van der Waals surface area contributed by atoms with Crippen LogP contribution in [0.4, 0.5) is 0 Å². The third kappa shape index (κ3) is 3.21. The minimum absolute atomic E-state index is 0.173. The van der Waals surface area contributed by atoms with Crippen molar-refractivity contribution in [1.82, 2.24) is 9.80 Å². The molecular formula is C17H20N2O4. The molecular weight excluding hydrogens is 296 g/mol. The number of amides is 2. The Hall–Kier alpha value is -2.37. The van der Waals surface area contributed by atoms with Crippen molar-refractivity contribution in [2.24, 2.45) is 0 Å². The van der Waals surface area contributed by atoms with Crippen molar-refractivity contribution in [3.8, 4) is 0 Å². The fraction of sp³-hybridized carbons (Fsp3) is 0.471. The first-order chi connectivity index (χ1) is 11.1. The summed E-state index contributed by atoms with van der Waals surface area (Å²) in [5, 5.41) is 9.18. The molecule has 0 aromatic heterocycles. The van der Waals surface area contributed by atoms with E-state index in [0.29, 0.717) is 31.5 Å². The summed E-state index contributed by atoms with van der Waals surface area (Å²) in [6, 6.07) is 6.39. The van der Waals surface area contributed by atoms with Gasteiger partial charge in [0.25, 0.3) is 5.91 Å². The molecule has 2 heterocycles. The molecule has 1 aromatic rings. The molecule has 6 nitrogen and oxygen atoms in total. The number of carbonyl (C=O) groups is 3. The van der Waals surface area contributed by atoms with Crippen molar-refractivity contribution in [3.05, 3.63) is 35.4 Å². The van der Waals surface area contributed by atoms with E-state index < -0.39 is 12.0 Å². The standard InChI is InChI=1S/C17H20N2O4/c20-15-4-2-9-18(15)11-12-5-7-13(8-6-12)16(21)19-10-1-3-14(19)17(22)23/h5-8,14H,1-4,9-11H2,(H,22,23)/t14-/m0/s1. The predicted molar refractivity (Wildman–Crippen MR) is 82.8 cm³/mol. The Bertz CT molecular complexity index is 626. The van der Waals surface area contributed by atoms with E-state index in [4.69, 9.17) is 0 Å². The minimum Gasteiger partial charge on any atom is -0.480 e. The average Bonchev–Trinajstić information content (AvgIpc) is 3.17. The molecule has 6 heteroatoms. The van der Waals surface area contributed by atoms with Crippen LogP contribution in [0.15, 0.2) is 24.3 Å². The van der Waals surface area contributed by atoms with Gasteiger partial charge in [-0.2, -0.15) is 0 Å². The molecule has 0 unspecified atom stereocenters. The van der Waals surface area contributed by atoms with Gasteiger partial charge in [0, 0.05) is 31.6 Å². The summed E-state index contributed by atoms with van der Waals surface area (Å²) in [5.74, 6) is -1.01. The molecule has 2 amide bonds. The molecule has 1 aromatic carbocycles. The lowest BCUT2D eigenvalue weighted by Gasteiger charge is -2.21. The highest BCUT2D eigenvalue weighted by Gasteiger charge is 2.34. The Morgan fingerprint density at radius 2 is 1.87 bits per heavy atom. The van der Waals surface area contributed by atoms with Gasteiger partial charge in [-0.25, -0.2) is 4.79 Å². The van der Waals surface area contributed by atoms with Gasteiger partial charge in [0.2, 0.25) is 5.91 Å². The Morgan fingerprint density at radius 3 is 2.48 bits per heavy atom. The fourth-order valence-corrected chi connectivity index (χ4v) is 3.28. The molecule has 1 N–H and O–H groups in total. The lowest BCUT2D eigenvalue weighted by atomic mass is 10.1. The second-order valence-electron chi connectivity index (χ2n) is 6.11. The molecule has 0 radical (unpaired) electrons. The molecule has 2 aliphatic heterocycles. The van der Waals surface area contributed by atoms with Crippen LogP contribution in [-0.2, 0) is 16.1 Å². The van der Waals surface area contributed by atoms with Gasteiger partial charge in [0.15, 0.2) is 0 Å². The van der Waals surface area contributed by atoms with E-state index in [9.17, 15) is 19.5 Å². The summed E-state index contributed by atoms with van der Waals surface area (Å²) < 4.78 is 0. The summed E-state index contributed by atoms with van der Waals surface area (Å²) in [7, 11) is 0. The largest absolute Gasteiger partial charge is 0.480 e. The smallest absolute Gasteiger partial charge is 0.326 e. The maximum Gasteiger partial charge on any atom is 0.326 e. The first-order valence-corrected chi connectivity index (χ1v) is 7.97. The number of likely N-dealkylation sites (tertiary alicyclic amines) is 2. The average molecular weight is 316 g/mol. The summed E-state index contributed by atoms with van der Waals surface area (Å²) >= 11 is 0. The van der Waals surface area contributed by atoms with Gasteiger partial charge in [-0.05, 0) is 37.0 Å². The van der Waals surface area contributed by atoms with Gasteiger partial charge in [0.05, 0.1) is 0 Å². The lowest BCUT2D eigenvalue weighted by molar-refractivity contribution is -0.141. The second-order valence-corrected chi connectivity index (χ2v) is 6.11. The normalized spacial score (nSPS) is 21.0. The third-order valence-electron chi connectivity index (χ3n) is 4.54. The van der Waals surface area contributed by atoms with E-state index in [1.165, 1.54) is 4.90 Å². The van der Waals surface area contributed by atoms with Crippen LogP contribution in [-0.4, -0.2) is 51.8 Å². The molecule has 1 atom stereocenters. The maximum atomic E-state index is 12.5. The fourth-order valence-electron chi connectivity index (χ4n) is 3.28. The van der Waals surface area contributed by atoms with Gasteiger partial charge < -0.3 is 14.9 Å². The van der Waals surface area contributed by atoms with E-state index in [1.54, 1.807) is 12.1 Å². The van der Waals surface area contributed by atoms with E-state index in [0.717, 1.165) is 24.9 Å². The van der Waals surface area contributed by atoms with Crippen molar-refractivity contribution in [2.45, 2.75) is 38.3 Å². The Balaban J connectivity index is 1.68. The number of carboxylic acid groups (broad SMARTS) is 1. The highest BCUT2D eigenvalue weighted by atomic mass is 16.4. The van der Waals surface area contributed by atoms with Crippen LogP contribution in [0.1, 0.15) is 41.6 Å². The van der Waals surface area contributed by atoms with E-state index >= 15 is 0 Å². The number of carbonyl (C=O) groups excluding carboxylic acids is 2. The van der Waals surface area contributed by atoms with Crippen LogP contribution < -0.4 is 0 Å². The molecule has 23 heavy (non-hydrogen) atoms. The highest BCUT2D eigenvalue weighted by Crippen LogP contribution is 2.21. The molecule has 0 saturated carbocycles. The molecule has 0 bridgehead atoms. The summed E-state index contributed by atoms with van der Waals surface area (Å²) in [6.45, 7) is 1.84. The summed E-state index contributed by atoms with van der Waals surface area (Å²) in [4.78, 5) is 38.5. The molecule has 2 fully saturated rings. The topological polar surface area (TPSA) is 77.9 Å². The van der Waals surface area contributed by atoms with Crippen molar-refractivity contribution in [2.75, 3.05) is 13.1 Å². The number of nitrogens with zero attached hydrogens (tertiary/aromatic N) is 2. The van der Waals surface area contributed by atoms with Crippen molar-refractivity contribution in [1.29, 1.82) is 0 Å². The third-order valence-corrected chi connectivity index (χ3v) is 4.54. The van der Waals surface area contributed by atoms with Crippen LogP contribution in [0.5, 0.6) is 0 Å². The monoisotopic (exact) mass is 316 g/mol. The molecule has 2 aliphatic rings. The zero-order valence-corrected chi connectivity index (χ0v) is 12.9. The van der Waals surface area contributed by atoms with Gasteiger partial charge in [-0.1, -0.05) is 12.1 Å². The van der Waals surface area contributed by atoms with Crippen LogP contribution in [0, 0.1) is 0 Å². The van der Waals surface area contributed by atoms with Crippen molar-refractivity contribution < 1.29 is 19.5 Å². The second kappa shape index (κ2) is 6.40. The summed E-state index contributed by atoms with van der Waals surface area (Å²) in [5.41, 5.74) is 1.47. The van der Waals surface area contributed by atoms with Crippen LogP contribution in [0.25, 0.3) is 0 Å². The quantitative estimate of drug-likeness (QED) is 0.913. The van der Waals surface area contributed by atoms with Crippen molar-refractivity contribution >= 4 is 17.8 Å². The number of hydrogen-bond donors (Lipinski definition) is 1. The molecule has 0 spiro atoms. The van der Waals surface area contributed by atoms with Crippen LogP contribution >= 0.6 is 0 Å². The number of carboxylic acids is 1. The minimum atomic E-state index is -0.944. The zero-order chi connectivity index (χ0) is 16.4. The van der Waals surface area contributed by atoms with E-state index in [-0.39, 0.29) is 11.8 Å². The van der Waals surface area contributed by atoms with Gasteiger partial charge in [-0.3, -0.25) is 9.59 Å². The lowest BCUT2D eigenvalue weighted by Crippen LogP contribution is -2.40. The Labute approximate surface area is 134 Å². The van der Waals surface area contributed by atoms with Gasteiger partial charge in [0.1, 0.15) is 6.04 Å². The summed E-state index contributed by atoms with van der Waals surface area (Å²) in [6.07, 6.45) is 2.75. The van der Waals surface area contributed by atoms with Gasteiger partial charge in [-0.15, -0.1) is 0 Å². The SMILES string of the molecule is O=C(O)[C@@H]1CCCN1C(=O)c1ccc(CN2CCCC2=O)cc1. The Morgan fingerprint density at radius 1 is 1.13 bits per heavy atom. The van der Waals surface area contributed by atoms with Gasteiger partial charge >= 0.3 is 5.97 Å². The zero-order valence-electron chi connectivity index (χ0n) is 12.9. The number of benzene rings is 1. The number of hydrogen-bond acceptors (Lipinski definition) is 3. The number of aliphatic carboxylic acids is 1. The van der Waals surface area contributed by atoms with Crippen molar-refractivity contribution in [3.63, 3.8) is 0 Å². The molecule has 122 valence electrons. The van der Waals surface area contributed by atoms with Crippen LogP contribution in [0.2, 0.25) is 0 Å². The van der Waals surface area contributed by atoms with Crippen LogP contribution in [0.3, 0.4) is 0 Å². The molecule has 2 saturated heterocycles. The Kier molecular flexibility index (Phi) is 4.32. The molecule has 3 rings (SSSR count). The predicted octanol–water partition coefficient (Wildman–Crippen LogP) is 1.50. The first-order valence-electron chi connectivity index (χ1n) is 7.97. The first kappa shape index (κ1) is 15.5. The molecule has 0 aliphatic carbocycles.